The van der Waals surface area contributed by atoms with Gasteiger partial charge in [-0.05, 0) is 48.9 Å². The van der Waals surface area contributed by atoms with Gasteiger partial charge < -0.3 is 9.73 Å². The Balaban J connectivity index is 1.64. The first kappa shape index (κ1) is 18.1. The van der Waals surface area contributed by atoms with Gasteiger partial charge in [0.2, 0.25) is 0 Å². The highest BCUT2D eigenvalue weighted by atomic mass is 19.1. The van der Waals surface area contributed by atoms with E-state index in [0.29, 0.717) is 11.4 Å². The van der Waals surface area contributed by atoms with Crippen molar-refractivity contribution in [3.63, 3.8) is 0 Å². The number of furan rings is 1. The van der Waals surface area contributed by atoms with Crippen molar-refractivity contribution in [3.8, 4) is 0 Å². The van der Waals surface area contributed by atoms with Crippen molar-refractivity contribution in [3.05, 3.63) is 89.6 Å². The van der Waals surface area contributed by atoms with Crippen molar-refractivity contribution >= 4 is 23.2 Å². The maximum absolute atomic E-state index is 13.6. The standard InChI is InChI=1S/C20H16FN3O3/c1-13(23-24-19(25)16-5-2-3-6-17(16)21)14-8-10-15(11-9-14)22-20(26)18-7-4-12-27-18/h2-12H,1H3,(H,22,26)(H,24,25)/b23-13-. The predicted octanol–water partition coefficient (Wildman–Crippen LogP) is 3.83. The highest BCUT2D eigenvalue weighted by Crippen LogP contribution is 2.13. The Morgan fingerprint density at radius 3 is 2.37 bits per heavy atom. The summed E-state index contributed by atoms with van der Waals surface area (Å²) in [7, 11) is 0. The van der Waals surface area contributed by atoms with Crippen LogP contribution in [0.5, 0.6) is 0 Å². The number of amides is 2. The lowest BCUT2D eigenvalue weighted by molar-refractivity contribution is 0.0949. The van der Waals surface area contributed by atoms with Crippen LogP contribution in [0.2, 0.25) is 0 Å². The minimum absolute atomic E-state index is 0.0787. The summed E-state index contributed by atoms with van der Waals surface area (Å²) in [6, 6.07) is 15.8. The number of anilines is 1. The molecule has 0 aliphatic carbocycles. The zero-order chi connectivity index (χ0) is 19.2. The second kappa shape index (κ2) is 8.09. The predicted molar refractivity (Wildman–Crippen MR) is 99.2 cm³/mol. The maximum atomic E-state index is 13.6. The van der Waals surface area contributed by atoms with Gasteiger partial charge in [-0.25, -0.2) is 9.82 Å². The van der Waals surface area contributed by atoms with Gasteiger partial charge >= 0.3 is 0 Å². The average Bonchev–Trinajstić information content (AvgIpc) is 3.22. The van der Waals surface area contributed by atoms with Crippen LogP contribution >= 0.6 is 0 Å². The summed E-state index contributed by atoms with van der Waals surface area (Å²) < 4.78 is 18.6. The van der Waals surface area contributed by atoms with Crippen molar-refractivity contribution in [2.75, 3.05) is 5.32 Å². The number of hydrazone groups is 1. The van der Waals surface area contributed by atoms with E-state index in [1.54, 1.807) is 49.4 Å². The van der Waals surface area contributed by atoms with Crippen LogP contribution in [0.25, 0.3) is 0 Å². The molecule has 0 unspecified atom stereocenters. The van der Waals surface area contributed by atoms with Crippen molar-refractivity contribution in [1.29, 1.82) is 0 Å². The number of hydrogen-bond donors (Lipinski definition) is 2. The van der Waals surface area contributed by atoms with Gasteiger partial charge in [-0.1, -0.05) is 24.3 Å². The van der Waals surface area contributed by atoms with E-state index in [1.807, 2.05) is 0 Å². The molecular formula is C20H16FN3O3. The zero-order valence-electron chi connectivity index (χ0n) is 14.4. The summed E-state index contributed by atoms with van der Waals surface area (Å²) in [5, 5.41) is 6.70. The molecule has 3 rings (SSSR count). The molecule has 0 aliphatic heterocycles. The summed E-state index contributed by atoms with van der Waals surface area (Å²) in [5.41, 5.74) is 4.11. The molecular weight excluding hydrogens is 349 g/mol. The van der Waals surface area contributed by atoms with E-state index in [2.05, 4.69) is 15.8 Å². The molecule has 136 valence electrons. The molecule has 0 saturated heterocycles. The first-order valence-corrected chi connectivity index (χ1v) is 8.09. The lowest BCUT2D eigenvalue weighted by atomic mass is 10.1. The van der Waals surface area contributed by atoms with Crippen molar-refractivity contribution in [1.82, 2.24) is 5.43 Å². The van der Waals surface area contributed by atoms with E-state index >= 15 is 0 Å². The van der Waals surface area contributed by atoms with Crippen molar-refractivity contribution < 1.29 is 18.4 Å². The Morgan fingerprint density at radius 1 is 0.963 bits per heavy atom. The molecule has 1 aromatic heterocycles. The molecule has 1 heterocycles. The Labute approximate surface area is 154 Å². The normalized spacial score (nSPS) is 11.1. The number of hydrogen-bond acceptors (Lipinski definition) is 4. The lowest BCUT2D eigenvalue weighted by Gasteiger charge is -2.06. The molecule has 0 bridgehead atoms. The number of carbonyl (C=O) groups excluding carboxylic acids is 2. The number of benzene rings is 2. The number of nitrogens with one attached hydrogen (secondary N) is 2. The monoisotopic (exact) mass is 365 g/mol. The van der Waals surface area contributed by atoms with Crippen LogP contribution in [0.3, 0.4) is 0 Å². The van der Waals surface area contributed by atoms with Gasteiger partial charge in [-0.2, -0.15) is 5.10 Å². The second-order valence-electron chi connectivity index (χ2n) is 5.63. The van der Waals surface area contributed by atoms with Gasteiger partial charge in [0.15, 0.2) is 5.76 Å². The molecule has 0 aliphatic rings. The van der Waals surface area contributed by atoms with Gasteiger partial charge in [0.25, 0.3) is 11.8 Å². The van der Waals surface area contributed by atoms with Crippen LogP contribution in [0, 0.1) is 5.82 Å². The highest BCUT2D eigenvalue weighted by molar-refractivity contribution is 6.03. The SMILES string of the molecule is C/C(=N/NC(=O)c1ccccc1F)c1ccc(NC(=O)c2ccco2)cc1. The van der Waals surface area contributed by atoms with E-state index in [9.17, 15) is 14.0 Å². The Kier molecular flexibility index (Phi) is 5.41. The third-order valence-electron chi connectivity index (χ3n) is 3.75. The van der Waals surface area contributed by atoms with Crippen molar-refractivity contribution in [2.45, 2.75) is 6.92 Å². The summed E-state index contributed by atoms with van der Waals surface area (Å²) >= 11 is 0. The summed E-state index contributed by atoms with van der Waals surface area (Å²) in [5.74, 6) is -1.38. The van der Waals surface area contributed by atoms with Crippen LogP contribution < -0.4 is 10.7 Å². The van der Waals surface area contributed by atoms with Crippen LogP contribution in [0.15, 0.2) is 76.4 Å². The molecule has 7 heteroatoms. The highest BCUT2D eigenvalue weighted by Gasteiger charge is 2.11. The van der Waals surface area contributed by atoms with E-state index in [1.165, 1.54) is 24.5 Å². The summed E-state index contributed by atoms with van der Waals surface area (Å²) in [6.45, 7) is 1.71. The minimum Gasteiger partial charge on any atom is -0.459 e. The number of nitrogens with zero attached hydrogens (tertiary/aromatic N) is 1. The Hall–Kier alpha value is -3.74. The number of halogens is 1. The first-order chi connectivity index (χ1) is 13.0. The largest absolute Gasteiger partial charge is 0.459 e. The summed E-state index contributed by atoms with van der Waals surface area (Å²) in [4.78, 5) is 23.9. The van der Waals surface area contributed by atoms with E-state index in [0.717, 1.165) is 5.56 Å². The molecule has 6 nitrogen and oxygen atoms in total. The lowest BCUT2D eigenvalue weighted by Crippen LogP contribution is -2.20. The van der Waals surface area contributed by atoms with Gasteiger partial charge in [-0.15, -0.1) is 0 Å². The minimum atomic E-state index is -0.630. The van der Waals surface area contributed by atoms with Crippen LogP contribution in [0.1, 0.15) is 33.4 Å². The van der Waals surface area contributed by atoms with Crippen LogP contribution in [-0.4, -0.2) is 17.5 Å². The Bertz CT molecular complexity index is 980. The van der Waals surface area contributed by atoms with Crippen LogP contribution in [-0.2, 0) is 0 Å². The smallest absolute Gasteiger partial charge is 0.291 e. The molecule has 2 N–H and O–H groups in total. The maximum Gasteiger partial charge on any atom is 0.291 e. The van der Waals surface area contributed by atoms with E-state index in [4.69, 9.17) is 4.42 Å². The van der Waals surface area contributed by atoms with E-state index in [-0.39, 0.29) is 17.2 Å². The average molecular weight is 365 g/mol. The molecule has 0 radical (unpaired) electrons. The molecule has 0 atom stereocenters. The first-order valence-electron chi connectivity index (χ1n) is 8.09. The fourth-order valence-electron chi connectivity index (χ4n) is 2.30. The Morgan fingerprint density at radius 2 is 1.70 bits per heavy atom. The zero-order valence-corrected chi connectivity index (χ0v) is 14.4. The van der Waals surface area contributed by atoms with Gasteiger partial charge in [0.05, 0.1) is 17.5 Å². The summed E-state index contributed by atoms with van der Waals surface area (Å²) in [6.07, 6.45) is 1.42. The number of rotatable bonds is 5. The van der Waals surface area contributed by atoms with E-state index < -0.39 is 11.7 Å². The molecule has 0 fully saturated rings. The number of carbonyl (C=O) groups is 2. The van der Waals surface area contributed by atoms with Crippen LogP contribution in [0.4, 0.5) is 10.1 Å². The molecule has 0 saturated carbocycles. The molecule has 2 aromatic carbocycles. The molecule has 3 aromatic rings. The third kappa shape index (κ3) is 4.46. The van der Waals surface area contributed by atoms with Gasteiger partial charge in [0, 0.05) is 5.69 Å². The quantitative estimate of drug-likeness (QED) is 0.532. The molecule has 0 spiro atoms. The van der Waals surface area contributed by atoms with Gasteiger partial charge in [-0.3, -0.25) is 9.59 Å². The second-order valence-corrected chi connectivity index (χ2v) is 5.63. The fraction of sp³-hybridized carbons (Fsp3) is 0.0500. The fourth-order valence-corrected chi connectivity index (χ4v) is 2.30. The third-order valence-corrected chi connectivity index (χ3v) is 3.75. The molecule has 2 amide bonds. The van der Waals surface area contributed by atoms with Crippen molar-refractivity contribution in [2.24, 2.45) is 5.10 Å². The van der Waals surface area contributed by atoms with Gasteiger partial charge in [0.1, 0.15) is 5.82 Å². The molecule has 27 heavy (non-hydrogen) atoms. The topological polar surface area (TPSA) is 83.7 Å².